The van der Waals surface area contributed by atoms with Gasteiger partial charge in [0.2, 0.25) is 5.91 Å². The zero-order chi connectivity index (χ0) is 42.4. The van der Waals surface area contributed by atoms with Crippen LogP contribution >= 0.6 is 0 Å². The minimum Gasteiger partial charge on any atom is -0.462 e. The number of unbranched alkanes of at least 4 members (excludes halogenated alkanes) is 24. The van der Waals surface area contributed by atoms with Crippen LogP contribution in [0.5, 0.6) is 0 Å². The highest BCUT2D eigenvalue weighted by atomic mass is 16.5. The van der Waals surface area contributed by atoms with Gasteiger partial charge in [-0.25, -0.2) is 0 Å². The third-order valence-corrected chi connectivity index (χ3v) is 11.1. The Morgan fingerprint density at radius 1 is 0.500 bits per heavy atom. The highest BCUT2D eigenvalue weighted by Crippen LogP contribution is 2.17. The van der Waals surface area contributed by atoms with Gasteiger partial charge in [-0.1, -0.05) is 198 Å². The molecule has 1 amide bonds. The Morgan fingerprint density at radius 3 is 1.47 bits per heavy atom. The fourth-order valence-corrected chi connectivity index (χ4v) is 7.32. The standard InChI is InChI=1S/C52H95NO5/c1-4-7-10-13-16-19-21-23-25-26-27-29-31-33-36-39-42-45-52(57)58-48(43-40-37-34-18-15-12-9-6-3)46-51(56)53-49(47-54)50(55)44-41-38-35-32-30-28-24-22-20-17-14-11-8-5-2/h12,15-16,19,23,25,27,29,48-50,54-55H,4-11,13-14,17-18,20-22,24,26,28,30-47H2,1-3H3,(H,53,56)/b15-12-,19-16-,25-23-,29-27-. The normalized spacial score (nSPS) is 13.7. The summed E-state index contributed by atoms with van der Waals surface area (Å²) >= 11 is 0. The summed E-state index contributed by atoms with van der Waals surface area (Å²) in [6.07, 6.45) is 54.6. The van der Waals surface area contributed by atoms with Crippen molar-refractivity contribution in [1.82, 2.24) is 5.32 Å². The molecule has 0 heterocycles. The van der Waals surface area contributed by atoms with E-state index in [-0.39, 0.29) is 24.9 Å². The molecule has 0 saturated carbocycles. The minimum atomic E-state index is -0.794. The first-order valence-electron chi connectivity index (χ1n) is 24.9. The number of nitrogens with one attached hydrogen (secondary N) is 1. The van der Waals surface area contributed by atoms with Crippen molar-refractivity contribution < 1.29 is 24.5 Å². The maximum atomic E-state index is 13.1. The van der Waals surface area contributed by atoms with E-state index in [9.17, 15) is 19.8 Å². The van der Waals surface area contributed by atoms with Crippen LogP contribution in [-0.4, -0.2) is 46.9 Å². The van der Waals surface area contributed by atoms with Crippen LogP contribution in [0.1, 0.15) is 245 Å². The Balaban J connectivity index is 4.47. The van der Waals surface area contributed by atoms with Crippen molar-refractivity contribution >= 4 is 11.9 Å². The van der Waals surface area contributed by atoms with Crippen LogP contribution in [0, 0.1) is 0 Å². The van der Waals surface area contributed by atoms with Crippen LogP contribution in [0.25, 0.3) is 0 Å². The molecule has 0 fully saturated rings. The van der Waals surface area contributed by atoms with E-state index >= 15 is 0 Å². The number of ether oxygens (including phenoxy) is 1. The van der Waals surface area contributed by atoms with Crippen LogP contribution < -0.4 is 5.32 Å². The van der Waals surface area contributed by atoms with Gasteiger partial charge in [-0.15, -0.1) is 0 Å². The molecule has 3 N–H and O–H groups in total. The van der Waals surface area contributed by atoms with Gasteiger partial charge in [-0.05, 0) is 83.5 Å². The minimum absolute atomic E-state index is 0.0570. The van der Waals surface area contributed by atoms with Crippen LogP contribution in [0.3, 0.4) is 0 Å². The summed E-state index contributed by atoms with van der Waals surface area (Å²) in [5, 5.41) is 23.7. The lowest BCUT2D eigenvalue weighted by atomic mass is 10.0. The molecule has 0 aliphatic carbocycles. The lowest BCUT2D eigenvalue weighted by Gasteiger charge is -2.24. The van der Waals surface area contributed by atoms with Crippen LogP contribution in [0.4, 0.5) is 0 Å². The second kappa shape index (κ2) is 45.9. The van der Waals surface area contributed by atoms with Gasteiger partial charge in [0.05, 0.1) is 25.2 Å². The van der Waals surface area contributed by atoms with Gasteiger partial charge in [0, 0.05) is 6.42 Å². The molecular weight excluding hydrogens is 719 g/mol. The van der Waals surface area contributed by atoms with Crippen LogP contribution in [0.2, 0.25) is 0 Å². The Bertz CT molecular complexity index is 1000. The van der Waals surface area contributed by atoms with E-state index in [2.05, 4.69) is 74.7 Å². The van der Waals surface area contributed by atoms with Gasteiger partial charge in [0.1, 0.15) is 6.10 Å². The quantitative estimate of drug-likeness (QED) is 0.0323. The third kappa shape index (κ3) is 40.6. The summed E-state index contributed by atoms with van der Waals surface area (Å²) < 4.78 is 5.88. The third-order valence-electron chi connectivity index (χ3n) is 11.1. The predicted molar refractivity (Wildman–Crippen MR) is 250 cm³/mol. The van der Waals surface area contributed by atoms with E-state index in [4.69, 9.17) is 4.74 Å². The first-order chi connectivity index (χ1) is 28.5. The average Bonchev–Trinajstić information content (AvgIpc) is 3.22. The lowest BCUT2D eigenvalue weighted by molar-refractivity contribution is -0.151. The van der Waals surface area contributed by atoms with E-state index in [0.29, 0.717) is 19.3 Å². The highest BCUT2D eigenvalue weighted by Gasteiger charge is 2.24. The maximum Gasteiger partial charge on any atom is 0.306 e. The van der Waals surface area contributed by atoms with Gasteiger partial charge >= 0.3 is 5.97 Å². The number of amides is 1. The van der Waals surface area contributed by atoms with E-state index < -0.39 is 18.2 Å². The summed E-state index contributed by atoms with van der Waals surface area (Å²) in [6, 6.07) is -0.709. The molecule has 0 aliphatic rings. The summed E-state index contributed by atoms with van der Waals surface area (Å²) in [6.45, 7) is 6.37. The zero-order valence-corrected chi connectivity index (χ0v) is 38.4. The summed E-state index contributed by atoms with van der Waals surface area (Å²) in [7, 11) is 0. The molecule has 6 nitrogen and oxygen atoms in total. The number of aliphatic hydroxyl groups is 2. The molecule has 6 heteroatoms. The molecule has 0 bridgehead atoms. The van der Waals surface area contributed by atoms with Crippen LogP contribution in [0.15, 0.2) is 48.6 Å². The van der Waals surface area contributed by atoms with E-state index in [1.165, 1.54) is 96.3 Å². The van der Waals surface area contributed by atoms with E-state index in [0.717, 1.165) is 103 Å². The van der Waals surface area contributed by atoms with Crippen LogP contribution in [-0.2, 0) is 14.3 Å². The molecule has 0 aliphatic heterocycles. The molecule has 0 spiro atoms. The molecule has 0 aromatic heterocycles. The van der Waals surface area contributed by atoms with Crippen molar-refractivity contribution in [3.05, 3.63) is 48.6 Å². The van der Waals surface area contributed by atoms with Crippen molar-refractivity contribution in [2.24, 2.45) is 0 Å². The molecule has 0 radical (unpaired) electrons. The number of esters is 1. The molecule has 0 aromatic rings. The smallest absolute Gasteiger partial charge is 0.306 e. The topological polar surface area (TPSA) is 95.9 Å². The van der Waals surface area contributed by atoms with Gasteiger partial charge in [-0.2, -0.15) is 0 Å². The molecule has 338 valence electrons. The Labute approximate surface area is 359 Å². The highest BCUT2D eigenvalue weighted by molar-refractivity contribution is 5.77. The first-order valence-corrected chi connectivity index (χ1v) is 24.9. The van der Waals surface area contributed by atoms with E-state index in [1.54, 1.807) is 0 Å². The zero-order valence-electron chi connectivity index (χ0n) is 38.4. The predicted octanol–water partition coefficient (Wildman–Crippen LogP) is 14.7. The summed E-state index contributed by atoms with van der Waals surface area (Å²) in [5.74, 6) is -0.517. The van der Waals surface area contributed by atoms with Crippen molar-refractivity contribution in [1.29, 1.82) is 0 Å². The number of rotatable bonds is 44. The van der Waals surface area contributed by atoms with Crippen molar-refractivity contribution in [3.8, 4) is 0 Å². The Morgan fingerprint density at radius 2 is 0.914 bits per heavy atom. The number of allylic oxidation sites excluding steroid dienone is 8. The Kier molecular flexibility index (Phi) is 44.2. The molecule has 3 atom stereocenters. The average molecular weight is 814 g/mol. The van der Waals surface area contributed by atoms with Gasteiger partial charge in [-0.3, -0.25) is 9.59 Å². The molecule has 3 unspecified atom stereocenters. The number of aliphatic hydroxyl groups excluding tert-OH is 2. The monoisotopic (exact) mass is 814 g/mol. The number of hydrogen-bond donors (Lipinski definition) is 3. The van der Waals surface area contributed by atoms with Gasteiger partial charge in [0.15, 0.2) is 0 Å². The molecule has 0 aromatic carbocycles. The molecule has 0 rings (SSSR count). The van der Waals surface area contributed by atoms with E-state index in [1.807, 2.05) is 0 Å². The molecule has 0 saturated heterocycles. The fraction of sp³-hybridized carbons (Fsp3) is 0.808. The first kappa shape index (κ1) is 55.8. The second-order valence-corrected chi connectivity index (χ2v) is 16.9. The SMILES string of the molecule is CCC/C=C\CCCCCC(CC(=O)NC(CO)C(O)CCCCCCCCCCCCCCCC)OC(=O)CCCCCC/C=C\C/C=C\C/C=C\CCCCC. The Hall–Kier alpha value is -2.18. The van der Waals surface area contributed by atoms with Crippen molar-refractivity contribution in [2.45, 2.75) is 264 Å². The second-order valence-electron chi connectivity index (χ2n) is 16.9. The largest absolute Gasteiger partial charge is 0.462 e. The van der Waals surface area contributed by atoms with Gasteiger partial charge in [0.25, 0.3) is 0 Å². The summed E-state index contributed by atoms with van der Waals surface area (Å²) in [5.41, 5.74) is 0. The van der Waals surface area contributed by atoms with Gasteiger partial charge < -0.3 is 20.3 Å². The van der Waals surface area contributed by atoms with Crippen molar-refractivity contribution in [3.63, 3.8) is 0 Å². The summed E-state index contributed by atoms with van der Waals surface area (Å²) in [4.78, 5) is 26.0. The molecular formula is C52H95NO5. The number of carbonyl (C=O) groups is 2. The van der Waals surface area contributed by atoms with Crippen molar-refractivity contribution in [2.75, 3.05) is 6.61 Å². The fourth-order valence-electron chi connectivity index (χ4n) is 7.32. The number of hydrogen-bond acceptors (Lipinski definition) is 5. The number of carbonyl (C=O) groups excluding carboxylic acids is 2. The molecule has 58 heavy (non-hydrogen) atoms. The maximum absolute atomic E-state index is 13.1. The lowest BCUT2D eigenvalue weighted by Crippen LogP contribution is -2.46.